The van der Waals surface area contributed by atoms with E-state index in [0.717, 1.165) is 38.5 Å². The van der Waals surface area contributed by atoms with Crippen molar-refractivity contribution in [2.45, 2.75) is 70.9 Å². The van der Waals surface area contributed by atoms with Gasteiger partial charge in [-0.2, -0.15) is 0 Å². The summed E-state index contributed by atoms with van der Waals surface area (Å²) in [7, 11) is 3.40. The maximum absolute atomic E-state index is 13.5. The number of ether oxygens (including phenoxy) is 2. The molecule has 3 aliphatic rings. The van der Waals surface area contributed by atoms with E-state index < -0.39 is 0 Å². The van der Waals surface area contributed by atoms with E-state index in [1.807, 2.05) is 11.8 Å². The monoisotopic (exact) mass is 499 g/mol. The number of carbonyl (C=O) groups excluding carboxylic acids is 3. The molecule has 0 bridgehead atoms. The number of amides is 3. The number of benzene rings is 1. The summed E-state index contributed by atoms with van der Waals surface area (Å²) in [6, 6.07) is 5.08. The van der Waals surface area contributed by atoms with Crippen LogP contribution in [0.25, 0.3) is 0 Å². The standard InChI is InChI=1S/C28H41N3O5/c1-18-15-31(26(32)13-20-9-10-20)19(2)17-36-24-12-11-22(29-27(33)21-7-5-6-8-21)14-23(24)28(34)30(3)16-25(18)35-4/h11-12,14,18-21,25H,5-10,13,15-17H2,1-4H3,(H,29,33)/t18-,19-,25-/m0/s1. The van der Waals surface area contributed by atoms with Crippen LogP contribution in [0.1, 0.15) is 69.2 Å². The predicted octanol–water partition coefficient (Wildman–Crippen LogP) is 3.95. The molecular weight excluding hydrogens is 458 g/mol. The zero-order chi connectivity index (χ0) is 25.8. The molecule has 1 aliphatic heterocycles. The Bertz CT molecular complexity index is 957. The molecule has 0 aromatic heterocycles. The first-order chi connectivity index (χ1) is 17.3. The van der Waals surface area contributed by atoms with Crippen LogP contribution < -0.4 is 10.1 Å². The van der Waals surface area contributed by atoms with Gasteiger partial charge in [0, 0.05) is 51.2 Å². The van der Waals surface area contributed by atoms with E-state index in [9.17, 15) is 14.4 Å². The van der Waals surface area contributed by atoms with Crippen molar-refractivity contribution in [2.24, 2.45) is 17.8 Å². The number of carbonyl (C=O) groups is 3. The Labute approximate surface area is 214 Å². The molecule has 1 heterocycles. The number of rotatable bonds is 5. The number of anilines is 1. The lowest BCUT2D eigenvalue weighted by Gasteiger charge is -2.36. The van der Waals surface area contributed by atoms with Crippen LogP contribution in [-0.2, 0) is 14.3 Å². The van der Waals surface area contributed by atoms with E-state index in [-0.39, 0.29) is 48.3 Å². The topological polar surface area (TPSA) is 88.2 Å². The van der Waals surface area contributed by atoms with Crippen LogP contribution in [0.2, 0.25) is 0 Å². The summed E-state index contributed by atoms with van der Waals surface area (Å²) >= 11 is 0. The largest absolute Gasteiger partial charge is 0.491 e. The summed E-state index contributed by atoms with van der Waals surface area (Å²) < 4.78 is 11.9. The molecule has 2 fully saturated rings. The van der Waals surface area contributed by atoms with Gasteiger partial charge in [-0.05, 0) is 56.7 Å². The zero-order valence-electron chi connectivity index (χ0n) is 22.1. The van der Waals surface area contributed by atoms with Crippen molar-refractivity contribution >= 4 is 23.4 Å². The Kier molecular flexibility index (Phi) is 8.54. The van der Waals surface area contributed by atoms with Crippen molar-refractivity contribution in [1.29, 1.82) is 0 Å². The fourth-order valence-corrected chi connectivity index (χ4v) is 5.32. The highest BCUT2D eigenvalue weighted by atomic mass is 16.5. The lowest BCUT2D eigenvalue weighted by Crippen LogP contribution is -2.48. The SMILES string of the molecule is CO[C@H]1CN(C)C(=O)c2cc(NC(=O)C3CCCC3)ccc2OC[C@H](C)N(C(=O)CC2CC2)C[C@@H]1C. The van der Waals surface area contributed by atoms with Gasteiger partial charge in [0.2, 0.25) is 11.8 Å². The van der Waals surface area contributed by atoms with Crippen LogP contribution >= 0.6 is 0 Å². The molecule has 2 saturated carbocycles. The normalized spacial score (nSPS) is 26.0. The van der Waals surface area contributed by atoms with Crippen LogP contribution in [0, 0.1) is 17.8 Å². The highest BCUT2D eigenvalue weighted by Crippen LogP contribution is 2.34. The minimum atomic E-state index is -0.226. The summed E-state index contributed by atoms with van der Waals surface area (Å²) in [5.74, 6) is 0.996. The van der Waals surface area contributed by atoms with Crippen molar-refractivity contribution < 1.29 is 23.9 Å². The van der Waals surface area contributed by atoms with Gasteiger partial charge in [-0.25, -0.2) is 0 Å². The smallest absolute Gasteiger partial charge is 0.257 e. The van der Waals surface area contributed by atoms with E-state index in [1.165, 1.54) is 0 Å². The maximum atomic E-state index is 13.5. The Balaban J connectivity index is 1.59. The van der Waals surface area contributed by atoms with Gasteiger partial charge in [-0.3, -0.25) is 14.4 Å². The van der Waals surface area contributed by atoms with Crippen LogP contribution in [0.4, 0.5) is 5.69 Å². The molecule has 3 atom stereocenters. The molecule has 1 aromatic rings. The highest BCUT2D eigenvalue weighted by molar-refractivity contribution is 5.99. The quantitative estimate of drug-likeness (QED) is 0.663. The molecule has 3 amide bonds. The minimum absolute atomic E-state index is 0.00837. The van der Waals surface area contributed by atoms with Crippen molar-refractivity contribution in [3.63, 3.8) is 0 Å². The van der Waals surface area contributed by atoms with Crippen molar-refractivity contribution in [3.8, 4) is 5.75 Å². The highest BCUT2D eigenvalue weighted by Gasteiger charge is 2.33. The van der Waals surface area contributed by atoms with E-state index in [4.69, 9.17) is 9.47 Å². The molecule has 8 nitrogen and oxygen atoms in total. The van der Waals surface area contributed by atoms with Gasteiger partial charge in [0.05, 0.1) is 17.7 Å². The van der Waals surface area contributed by atoms with Gasteiger partial charge >= 0.3 is 0 Å². The first-order valence-electron chi connectivity index (χ1n) is 13.4. The van der Waals surface area contributed by atoms with E-state index in [2.05, 4.69) is 12.2 Å². The first kappa shape index (κ1) is 26.5. The number of methoxy groups -OCH3 is 1. The van der Waals surface area contributed by atoms with Gasteiger partial charge in [0.25, 0.3) is 5.91 Å². The fraction of sp³-hybridized carbons (Fsp3) is 0.679. The van der Waals surface area contributed by atoms with Crippen molar-refractivity contribution in [1.82, 2.24) is 9.80 Å². The van der Waals surface area contributed by atoms with Crippen LogP contribution in [-0.4, -0.2) is 73.5 Å². The number of nitrogens with zero attached hydrogens (tertiary/aromatic N) is 2. The molecule has 0 radical (unpaired) electrons. The molecule has 36 heavy (non-hydrogen) atoms. The minimum Gasteiger partial charge on any atom is -0.491 e. The number of hydrogen-bond acceptors (Lipinski definition) is 5. The molecule has 2 aliphatic carbocycles. The Morgan fingerprint density at radius 3 is 2.50 bits per heavy atom. The zero-order valence-corrected chi connectivity index (χ0v) is 22.1. The lowest BCUT2D eigenvalue weighted by atomic mass is 10.0. The third-order valence-corrected chi connectivity index (χ3v) is 7.92. The number of nitrogens with one attached hydrogen (secondary N) is 1. The molecule has 198 valence electrons. The summed E-state index contributed by atoms with van der Waals surface area (Å²) in [4.78, 5) is 42.9. The molecule has 4 rings (SSSR count). The van der Waals surface area contributed by atoms with Crippen LogP contribution in [0.5, 0.6) is 5.75 Å². The summed E-state index contributed by atoms with van der Waals surface area (Å²) in [5, 5.41) is 2.99. The second-order valence-corrected chi connectivity index (χ2v) is 11.0. The third kappa shape index (κ3) is 6.38. The second-order valence-electron chi connectivity index (χ2n) is 11.0. The number of hydrogen-bond donors (Lipinski definition) is 1. The third-order valence-electron chi connectivity index (χ3n) is 7.92. The molecule has 8 heteroatoms. The second kappa shape index (κ2) is 11.6. The number of fused-ring (bicyclic) bond motifs is 1. The molecule has 0 spiro atoms. The first-order valence-corrected chi connectivity index (χ1v) is 13.4. The van der Waals surface area contributed by atoms with E-state index in [1.54, 1.807) is 37.3 Å². The van der Waals surface area contributed by atoms with Crippen LogP contribution in [0.15, 0.2) is 18.2 Å². The van der Waals surface area contributed by atoms with E-state index >= 15 is 0 Å². The van der Waals surface area contributed by atoms with Crippen molar-refractivity contribution in [2.75, 3.05) is 39.2 Å². The molecule has 1 aromatic carbocycles. The Morgan fingerprint density at radius 2 is 1.83 bits per heavy atom. The van der Waals surface area contributed by atoms with Gasteiger partial charge in [0.1, 0.15) is 12.4 Å². The fourth-order valence-electron chi connectivity index (χ4n) is 5.32. The molecule has 1 N–H and O–H groups in total. The Hall–Kier alpha value is -2.61. The summed E-state index contributed by atoms with van der Waals surface area (Å²) in [6.45, 7) is 5.27. The predicted molar refractivity (Wildman–Crippen MR) is 138 cm³/mol. The maximum Gasteiger partial charge on any atom is 0.257 e. The Morgan fingerprint density at radius 1 is 1.11 bits per heavy atom. The van der Waals surface area contributed by atoms with E-state index in [0.29, 0.717) is 42.4 Å². The summed E-state index contributed by atoms with van der Waals surface area (Å²) in [6.07, 6.45) is 6.58. The van der Waals surface area contributed by atoms with Gasteiger partial charge in [0.15, 0.2) is 0 Å². The van der Waals surface area contributed by atoms with Gasteiger partial charge < -0.3 is 24.6 Å². The van der Waals surface area contributed by atoms with Crippen LogP contribution in [0.3, 0.4) is 0 Å². The van der Waals surface area contributed by atoms with Gasteiger partial charge in [-0.1, -0.05) is 19.8 Å². The molecule has 0 saturated heterocycles. The summed E-state index contributed by atoms with van der Waals surface area (Å²) in [5.41, 5.74) is 0.988. The number of likely N-dealkylation sites (N-methyl/N-ethyl adjacent to an activating group) is 1. The average molecular weight is 500 g/mol. The molecular formula is C28H41N3O5. The molecule has 0 unspecified atom stereocenters. The average Bonchev–Trinajstić information content (AvgIpc) is 3.50. The lowest BCUT2D eigenvalue weighted by molar-refractivity contribution is -0.135. The van der Waals surface area contributed by atoms with Crippen molar-refractivity contribution in [3.05, 3.63) is 23.8 Å². The van der Waals surface area contributed by atoms with Gasteiger partial charge in [-0.15, -0.1) is 0 Å².